The zero-order valence-corrected chi connectivity index (χ0v) is 10.3. The molecule has 0 bridgehead atoms. The highest BCUT2D eigenvalue weighted by atomic mass is 35.5. The van der Waals surface area contributed by atoms with Crippen LogP contribution in [0.5, 0.6) is 0 Å². The van der Waals surface area contributed by atoms with Crippen LogP contribution in [0.4, 0.5) is 5.69 Å². The first-order valence-corrected chi connectivity index (χ1v) is 5.68. The molecule has 0 unspecified atom stereocenters. The van der Waals surface area contributed by atoms with Crippen LogP contribution in [0.1, 0.15) is 13.8 Å². The maximum atomic E-state index is 11.7. The van der Waals surface area contributed by atoms with Gasteiger partial charge in [-0.25, -0.2) is 0 Å². The highest BCUT2D eigenvalue weighted by Gasteiger charge is 2.09. The number of anilines is 1. The summed E-state index contributed by atoms with van der Waals surface area (Å²) in [7, 11) is 0. The molecule has 1 aromatic rings. The Kier molecular flexibility index (Phi) is 5.05. The van der Waals surface area contributed by atoms with Crippen molar-refractivity contribution >= 4 is 23.2 Å². The predicted octanol–water partition coefficient (Wildman–Crippen LogP) is 2.02. The number of halogens is 1. The van der Waals surface area contributed by atoms with Gasteiger partial charge in [0, 0.05) is 25.5 Å². The maximum absolute atomic E-state index is 11.7. The summed E-state index contributed by atoms with van der Waals surface area (Å²) in [4.78, 5) is 17.3. The van der Waals surface area contributed by atoms with Crippen molar-refractivity contribution < 1.29 is 4.79 Å². The van der Waals surface area contributed by atoms with Crippen molar-refractivity contribution in [2.24, 2.45) is 0 Å². The molecule has 1 aromatic heterocycles. The third-order valence-electron chi connectivity index (χ3n) is 2.32. The van der Waals surface area contributed by atoms with Gasteiger partial charge in [-0.1, -0.05) is 11.6 Å². The molecule has 0 spiro atoms. The number of hydrogen-bond donors (Lipinski definition) is 1. The third kappa shape index (κ3) is 3.38. The van der Waals surface area contributed by atoms with E-state index in [1.54, 1.807) is 23.4 Å². The lowest BCUT2D eigenvalue weighted by Gasteiger charge is -2.19. The lowest BCUT2D eigenvalue weighted by Crippen LogP contribution is -2.35. The summed E-state index contributed by atoms with van der Waals surface area (Å²) in [6, 6.07) is 1.75. The van der Waals surface area contributed by atoms with E-state index in [0.717, 1.165) is 18.8 Å². The Balaban J connectivity index is 2.52. The number of nitrogens with zero attached hydrogens (tertiary/aromatic N) is 2. The summed E-state index contributed by atoms with van der Waals surface area (Å²) in [6.07, 6.45) is 3.18. The Morgan fingerprint density at radius 1 is 1.50 bits per heavy atom. The summed E-state index contributed by atoms with van der Waals surface area (Å²) in [6.45, 7) is 5.62. The summed E-state index contributed by atoms with van der Waals surface area (Å²) >= 11 is 5.91. The van der Waals surface area contributed by atoms with Crippen molar-refractivity contribution in [3.05, 3.63) is 23.5 Å². The normalized spacial score (nSPS) is 9.94. The fourth-order valence-electron chi connectivity index (χ4n) is 1.38. The Morgan fingerprint density at radius 2 is 2.19 bits per heavy atom. The van der Waals surface area contributed by atoms with E-state index < -0.39 is 0 Å². The topological polar surface area (TPSA) is 45.2 Å². The van der Waals surface area contributed by atoms with Crippen LogP contribution in [0.3, 0.4) is 0 Å². The number of rotatable bonds is 5. The van der Waals surface area contributed by atoms with Gasteiger partial charge in [0.05, 0.1) is 17.3 Å². The minimum atomic E-state index is 0.0675. The highest BCUT2D eigenvalue weighted by molar-refractivity contribution is 6.33. The number of carbonyl (C=O) groups is 1. The molecule has 88 valence electrons. The van der Waals surface area contributed by atoms with Crippen LogP contribution < -0.4 is 5.32 Å². The Morgan fingerprint density at radius 3 is 2.75 bits per heavy atom. The Bertz CT molecular complexity index is 353. The molecule has 16 heavy (non-hydrogen) atoms. The highest BCUT2D eigenvalue weighted by Crippen LogP contribution is 2.18. The van der Waals surface area contributed by atoms with Crippen LogP contribution in [0.2, 0.25) is 5.02 Å². The molecule has 0 atom stereocenters. The number of likely N-dealkylation sites (N-methyl/N-ethyl adjacent to an activating group) is 1. The molecule has 0 aliphatic rings. The molecule has 1 amide bonds. The second-order valence-electron chi connectivity index (χ2n) is 3.28. The maximum Gasteiger partial charge on any atom is 0.241 e. The van der Waals surface area contributed by atoms with E-state index in [4.69, 9.17) is 11.6 Å². The molecule has 0 saturated carbocycles. The first-order chi connectivity index (χ1) is 7.69. The number of nitrogens with one attached hydrogen (secondary N) is 1. The van der Waals surface area contributed by atoms with E-state index >= 15 is 0 Å². The van der Waals surface area contributed by atoms with E-state index in [1.807, 2.05) is 13.8 Å². The number of hydrogen-bond acceptors (Lipinski definition) is 3. The molecule has 4 nitrogen and oxygen atoms in total. The average molecular weight is 242 g/mol. The van der Waals surface area contributed by atoms with E-state index in [-0.39, 0.29) is 12.5 Å². The molecule has 0 aromatic carbocycles. The zero-order chi connectivity index (χ0) is 12.0. The molecule has 0 radical (unpaired) electrons. The summed E-state index contributed by atoms with van der Waals surface area (Å²) < 4.78 is 0. The van der Waals surface area contributed by atoms with Gasteiger partial charge in [-0.05, 0) is 19.9 Å². The lowest BCUT2D eigenvalue weighted by molar-refractivity contribution is -0.128. The van der Waals surface area contributed by atoms with Gasteiger partial charge in [0.15, 0.2) is 0 Å². The Hall–Kier alpha value is -1.29. The first kappa shape index (κ1) is 12.8. The summed E-state index contributed by atoms with van der Waals surface area (Å²) in [5, 5.41) is 3.52. The smallest absolute Gasteiger partial charge is 0.241 e. The summed E-state index contributed by atoms with van der Waals surface area (Å²) in [5.74, 6) is 0.0675. The lowest BCUT2D eigenvalue weighted by atomic mass is 10.4. The minimum Gasteiger partial charge on any atom is -0.375 e. The molecule has 1 heterocycles. The second kappa shape index (κ2) is 6.33. The van der Waals surface area contributed by atoms with Crippen LogP contribution in [0, 0.1) is 0 Å². The molecular formula is C11H16ClN3O. The van der Waals surface area contributed by atoms with Crippen molar-refractivity contribution in [1.29, 1.82) is 0 Å². The van der Waals surface area contributed by atoms with E-state index in [9.17, 15) is 4.79 Å². The molecule has 0 saturated heterocycles. The van der Waals surface area contributed by atoms with Crippen LogP contribution in [0.25, 0.3) is 0 Å². The van der Waals surface area contributed by atoms with Crippen molar-refractivity contribution in [2.75, 3.05) is 25.0 Å². The number of amides is 1. The SMILES string of the molecule is CCN(CC)C(=O)CNc1ccncc1Cl. The van der Waals surface area contributed by atoms with Gasteiger partial charge >= 0.3 is 0 Å². The van der Waals surface area contributed by atoms with Gasteiger partial charge < -0.3 is 10.2 Å². The van der Waals surface area contributed by atoms with Crippen LogP contribution in [-0.4, -0.2) is 35.4 Å². The molecule has 0 aliphatic heterocycles. The van der Waals surface area contributed by atoms with Crippen molar-refractivity contribution in [3.63, 3.8) is 0 Å². The summed E-state index contributed by atoms with van der Waals surface area (Å²) in [5.41, 5.74) is 0.733. The van der Waals surface area contributed by atoms with Crippen LogP contribution >= 0.6 is 11.6 Å². The van der Waals surface area contributed by atoms with Crippen molar-refractivity contribution in [1.82, 2.24) is 9.88 Å². The molecule has 1 rings (SSSR count). The van der Waals surface area contributed by atoms with Gasteiger partial charge in [-0.3, -0.25) is 9.78 Å². The number of carbonyl (C=O) groups excluding carboxylic acids is 1. The second-order valence-corrected chi connectivity index (χ2v) is 3.68. The number of aromatic nitrogens is 1. The van der Waals surface area contributed by atoms with Crippen LogP contribution in [-0.2, 0) is 4.79 Å². The van der Waals surface area contributed by atoms with Gasteiger partial charge in [0.25, 0.3) is 0 Å². The van der Waals surface area contributed by atoms with Crippen molar-refractivity contribution in [2.45, 2.75) is 13.8 Å². The molecule has 1 N–H and O–H groups in total. The van der Waals surface area contributed by atoms with E-state index in [2.05, 4.69) is 10.3 Å². The van der Waals surface area contributed by atoms with Crippen LogP contribution in [0.15, 0.2) is 18.5 Å². The fraction of sp³-hybridized carbons (Fsp3) is 0.455. The molecule has 5 heteroatoms. The largest absolute Gasteiger partial charge is 0.375 e. The van der Waals surface area contributed by atoms with Gasteiger partial charge in [0.1, 0.15) is 0 Å². The quantitative estimate of drug-likeness (QED) is 0.858. The number of pyridine rings is 1. The minimum absolute atomic E-state index is 0.0675. The third-order valence-corrected chi connectivity index (χ3v) is 2.62. The van der Waals surface area contributed by atoms with E-state index in [0.29, 0.717) is 5.02 Å². The van der Waals surface area contributed by atoms with Gasteiger partial charge in [-0.15, -0.1) is 0 Å². The van der Waals surface area contributed by atoms with E-state index in [1.165, 1.54) is 0 Å². The fourth-order valence-corrected chi connectivity index (χ4v) is 1.56. The van der Waals surface area contributed by atoms with Gasteiger partial charge in [0.2, 0.25) is 5.91 Å². The molecule has 0 aliphatic carbocycles. The zero-order valence-electron chi connectivity index (χ0n) is 9.53. The first-order valence-electron chi connectivity index (χ1n) is 5.30. The molecular weight excluding hydrogens is 226 g/mol. The standard InChI is InChI=1S/C11H16ClN3O/c1-3-15(4-2)11(16)8-14-10-5-6-13-7-9(10)12/h5-7H,3-4,8H2,1-2H3,(H,13,14). The van der Waals surface area contributed by atoms with Gasteiger partial charge in [-0.2, -0.15) is 0 Å². The predicted molar refractivity (Wildman–Crippen MR) is 65.7 cm³/mol. The average Bonchev–Trinajstić information content (AvgIpc) is 2.29. The van der Waals surface area contributed by atoms with Crippen molar-refractivity contribution in [3.8, 4) is 0 Å². The monoisotopic (exact) mass is 241 g/mol. The molecule has 0 fully saturated rings. The Labute approximate surface area is 101 Å².